The fourth-order valence-electron chi connectivity index (χ4n) is 3.92. The van der Waals surface area contributed by atoms with E-state index in [0.29, 0.717) is 16.5 Å². The van der Waals surface area contributed by atoms with Gasteiger partial charge in [0.05, 0.1) is 10.5 Å². The number of nitrogens with zero attached hydrogens (tertiary/aromatic N) is 4. The number of likely N-dealkylation sites (N-methyl/N-ethyl adjacent to an activating group) is 1. The van der Waals surface area contributed by atoms with E-state index in [2.05, 4.69) is 53.8 Å². The number of halogens is 2. The monoisotopic (exact) mass is 500 g/mol. The molecule has 1 fully saturated rings. The van der Waals surface area contributed by atoms with Crippen LogP contribution in [0.3, 0.4) is 0 Å². The Balaban J connectivity index is 1.47. The van der Waals surface area contributed by atoms with Crippen LogP contribution >= 0.6 is 27.5 Å². The van der Waals surface area contributed by atoms with Crippen molar-refractivity contribution in [3.8, 4) is 5.75 Å². The first kappa shape index (κ1) is 20.5. The molecule has 1 unspecified atom stereocenters. The van der Waals surface area contributed by atoms with Crippen LogP contribution in [-0.4, -0.2) is 54.0 Å². The van der Waals surface area contributed by atoms with Crippen LogP contribution in [0.4, 0.5) is 11.6 Å². The molecule has 2 N–H and O–H groups in total. The highest BCUT2D eigenvalue weighted by Gasteiger charge is 2.21. The number of hydrogen-bond acceptors (Lipinski definition) is 7. The Hall–Kier alpha value is -2.42. The average Bonchev–Trinajstić information content (AvgIpc) is 3.40. The van der Waals surface area contributed by atoms with Gasteiger partial charge in [0.1, 0.15) is 11.9 Å². The van der Waals surface area contributed by atoms with E-state index in [1.807, 2.05) is 36.5 Å². The summed E-state index contributed by atoms with van der Waals surface area (Å²) in [4.78, 5) is 9.09. The van der Waals surface area contributed by atoms with Crippen molar-refractivity contribution < 1.29 is 4.74 Å². The molecule has 0 radical (unpaired) electrons. The van der Waals surface area contributed by atoms with Crippen molar-refractivity contribution in [2.75, 3.05) is 32.0 Å². The number of hydrazone groups is 1. The van der Waals surface area contributed by atoms with Gasteiger partial charge in [-0.25, -0.2) is 9.97 Å². The number of anilines is 2. The summed E-state index contributed by atoms with van der Waals surface area (Å²) in [5, 5.41) is 14.5. The van der Waals surface area contributed by atoms with Gasteiger partial charge in [0, 0.05) is 60.1 Å². The standard InChI is InChI=1S/C22H22BrClN6O/c1-30-12-15(10-27-30)13-5-17(8-19(6-13)31-18-2-3-25-11-18)28-22-26-9-14-4-16(23)7-20(24)21(14)29-22/h4-10,15,18,25H,2-3,11-12H2,1H3,(H,26,28,29)/t15?,18-/m0/s1. The molecular formula is C22H22BrClN6O. The van der Waals surface area contributed by atoms with E-state index < -0.39 is 0 Å². The van der Waals surface area contributed by atoms with Crippen LogP contribution in [0.15, 0.2) is 46.1 Å². The van der Waals surface area contributed by atoms with Crippen molar-refractivity contribution in [3.05, 3.63) is 51.6 Å². The molecule has 1 aromatic heterocycles. The fourth-order valence-corrected chi connectivity index (χ4v) is 4.80. The molecule has 0 amide bonds. The SMILES string of the molecule is CN1CC(c2cc(Nc3ncc4cc(Br)cc(Cl)c4n3)cc(O[C@H]3CCNC3)c2)C=N1. The average molecular weight is 502 g/mol. The normalized spacial score (nSPS) is 20.5. The topological polar surface area (TPSA) is 74.7 Å². The summed E-state index contributed by atoms with van der Waals surface area (Å²) < 4.78 is 7.15. The Labute approximate surface area is 194 Å². The summed E-state index contributed by atoms with van der Waals surface area (Å²) in [6.45, 7) is 2.69. The molecule has 31 heavy (non-hydrogen) atoms. The van der Waals surface area contributed by atoms with Crippen LogP contribution in [-0.2, 0) is 0 Å². The molecule has 7 nitrogen and oxygen atoms in total. The van der Waals surface area contributed by atoms with Crippen molar-refractivity contribution in [3.63, 3.8) is 0 Å². The van der Waals surface area contributed by atoms with Crippen molar-refractivity contribution >= 4 is 56.3 Å². The first-order valence-electron chi connectivity index (χ1n) is 10.2. The van der Waals surface area contributed by atoms with Gasteiger partial charge >= 0.3 is 0 Å². The van der Waals surface area contributed by atoms with E-state index in [-0.39, 0.29) is 12.0 Å². The molecule has 1 saturated heterocycles. The van der Waals surface area contributed by atoms with Gasteiger partial charge in [-0.05, 0) is 42.8 Å². The summed E-state index contributed by atoms with van der Waals surface area (Å²) in [7, 11) is 1.98. The summed E-state index contributed by atoms with van der Waals surface area (Å²) in [5.41, 5.74) is 2.72. The Morgan fingerprint density at radius 3 is 2.94 bits per heavy atom. The van der Waals surface area contributed by atoms with Crippen LogP contribution < -0.4 is 15.4 Å². The summed E-state index contributed by atoms with van der Waals surface area (Å²) in [6, 6.07) is 9.98. The third kappa shape index (κ3) is 4.61. The Bertz CT molecular complexity index is 1150. The maximum Gasteiger partial charge on any atom is 0.227 e. The van der Waals surface area contributed by atoms with Gasteiger partial charge in [-0.15, -0.1) is 0 Å². The molecule has 5 rings (SSSR count). The predicted molar refractivity (Wildman–Crippen MR) is 128 cm³/mol. The molecule has 160 valence electrons. The highest BCUT2D eigenvalue weighted by atomic mass is 79.9. The van der Waals surface area contributed by atoms with Gasteiger partial charge in [-0.3, -0.25) is 5.01 Å². The number of aromatic nitrogens is 2. The number of ether oxygens (including phenoxy) is 1. The summed E-state index contributed by atoms with van der Waals surface area (Å²) in [6.07, 6.45) is 4.93. The molecule has 2 aliphatic rings. The smallest absolute Gasteiger partial charge is 0.227 e. The Morgan fingerprint density at radius 2 is 2.16 bits per heavy atom. The minimum atomic E-state index is 0.178. The second kappa shape index (κ2) is 8.61. The minimum absolute atomic E-state index is 0.178. The van der Waals surface area contributed by atoms with Crippen LogP contribution in [0.2, 0.25) is 5.02 Å². The van der Waals surface area contributed by atoms with E-state index in [9.17, 15) is 0 Å². The van der Waals surface area contributed by atoms with E-state index in [1.54, 1.807) is 6.20 Å². The Morgan fingerprint density at radius 1 is 1.26 bits per heavy atom. The van der Waals surface area contributed by atoms with Gasteiger partial charge in [0.25, 0.3) is 0 Å². The van der Waals surface area contributed by atoms with Crippen LogP contribution in [0, 0.1) is 0 Å². The molecule has 0 bridgehead atoms. The maximum absolute atomic E-state index is 6.39. The fraction of sp³-hybridized carbons (Fsp3) is 0.318. The molecule has 0 saturated carbocycles. The van der Waals surface area contributed by atoms with E-state index in [0.717, 1.165) is 52.9 Å². The molecule has 9 heteroatoms. The zero-order valence-corrected chi connectivity index (χ0v) is 19.3. The second-order valence-corrected chi connectivity index (χ2v) is 9.20. The van der Waals surface area contributed by atoms with Crippen LogP contribution in [0.5, 0.6) is 5.75 Å². The lowest BCUT2D eigenvalue weighted by molar-refractivity contribution is 0.223. The number of benzene rings is 2. The quantitative estimate of drug-likeness (QED) is 0.534. The van der Waals surface area contributed by atoms with E-state index in [4.69, 9.17) is 16.3 Å². The van der Waals surface area contributed by atoms with Crippen molar-refractivity contribution in [2.45, 2.75) is 18.4 Å². The highest BCUT2D eigenvalue weighted by molar-refractivity contribution is 9.10. The van der Waals surface area contributed by atoms with E-state index >= 15 is 0 Å². The number of fused-ring (bicyclic) bond motifs is 1. The predicted octanol–water partition coefficient (Wildman–Crippen LogP) is 4.54. The summed E-state index contributed by atoms with van der Waals surface area (Å²) >= 11 is 9.85. The summed E-state index contributed by atoms with van der Waals surface area (Å²) in [5.74, 6) is 1.53. The molecule has 0 aliphatic carbocycles. The lowest BCUT2D eigenvalue weighted by Gasteiger charge is -2.18. The first-order chi connectivity index (χ1) is 15.0. The van der Waals surface area contributed by atoms with Crippen molar-refractivity contribution in [2.24, 2.45) is 5.10 Å². The Kier molecular flexibility index (Phi) is 5.69. The van der Waals surface area contributed by atoms with Gasteiger partial charge in [-0.1, -0.05) is 27.5 Å². The lowest BCUT2D eigenvalue weighted by atomic mass is 10.00. The number of rotatable bonds is 5. The van der Waals surface area contributed by atoms with Gasteiger partial charge in [-0.2, -0.15) is 5.10 Å². The third-order valence-electron chi connectivity index (χ3n) is 5.44. The molecule has 3 aromatic rings. The molecule has 2 aliphatic heterocycles. The number of hydrogen-bond donors (Lipinski definition) is 2. The minimum Gasteiger partial charge on any atom is -0.489 e. The van der Waals surface area contributed by atoms with E-state index in [1.165, 1.54) is 0 Å². The first-order valence-corrected chi connectivity index (χ1v) is 11.4. The largest absolute Gasteiger partial charge is 0.489 e. The lowest BCUT2D eigenvalue weighted by Crippen LogP contribution is -2.20. The van der Waals surface area contributed by atoms with Crippen LogP contribution in [0.1, 0.15) is 17.9 Å². The second-order valence-electron chi connectivity index (χ2n) is 7.88. The highest BCUT2D eigenvalue weighted by Crippen LogP contribution is 2.31. The molecular weight excluding hydrogens is 480 g/mol. The van der Waals surface area contributed by atoms with Crippen LogP contribution in [0.25, 0.3) is 10.9 Å². The van der Waals surface area contributed by atoms with Gasteiger partial charge in [0.15, 0.2) is 0 Å². The van der Waals surface area contributed by atoms with Gasteiger partial charge in [0.2, 0.25) is 5.95 Å². The molecule has 2 aromatic carbocycles. The zero-order valence-electron chi connectivity index (χ0n) is 17.0. The van der Waals surface area contributed by atoms with Gasteiger partial charge < -0.3 is 15.4 Å². The molecule has 3 heterocycles. The number of nitrogens with one attached hydrogen (secondary N) is 2. The third-order valence-corrected chi connectivity index (χ3v) is 6.18. The zero-order chi connectivity index (χ0) is 21.4. The molecule has 0 spiro atoms. The van der Waals surface area contributed by atoms with Crippen molar-refractivity contribution in [1.82, 2.24) is 20.3 Å². The maximum atomic E-state index is 6.39. The molecule has 2 atom stereocenters. The van der Waals surface area contributed by atoms with Crippen molar-refractivity contribution in [1.29, 1.82) is 0 Å².